The lowest BCUT2D eigenvalue weighted by Gasteiger charge is -2.10. The molecule has 62 valence electrons. The van der Waals surface area contributed by atoms with Gasteiger partial charge in [-0.15, -0.1) is 6.42 Å². The van der Waals surface area contributed by atoms with Crippen molar-refractivity contribution in [1.82, 2.24) is 10.3 Å². The van der Waals surface area contributed by atoms with Gasteiger partial charge in [0.25, 0.3) is 0 Å². The summed E-state index contributed by atoms with van der Waals surface area (Å²) in [6.45, 7) is 0. The maximum absolute atomic E-state index is 5.88. The average Bonchev–Trinajstić information content (AvgIpc) is 2.10. The summed E-state index contributed by atoms with van der Waals surface area (Å²) in [6.07, 6.45) is 8.54. The molecule has 0 bridgehead atoms. The van der Waals surface area contributed by atoms with Gasteiger partial charge in [0.2, 0.25) is 0 Å². The molecule has 1 rings (SSSR count). The molecule has 1 heterocycles. The SMILES string of the molecule is C#CC(NC)c1ccncc1Cl. The maximum Gasteiger partial charge on any atom is 0.0956 e. The molecule has 0 saturated carbocycles. The Morgan fingerprint density at radius 3 is 3.00 bits per heavy atom. The molecule has 2 nitrogen and oxygen atoms in total. The number of pyridine rings is 1. The minimum absolute atomic E-state index is 0.138. The summed E-state index contributed by atoms with van der Waals surface area (Å²) in [7, 11) is 1.79. The topological polar surface area (TPSA) is 24.9 Å². The highest BCUT2D eigenvalue weighted by Crippen LogP contribution is 2.20. The average molecular weight is 181 g/mol. The number of halogens is 1. The first-order chi connectivity index (χ1) is 5.79. The van der Waals surface area contributed by atoms with Gasteiger partial charge in [0.1, 0.15) is 0 Å². The van der Waals surface area contributed by atoms with Crippen molar-refractivity contribution in [3.8, 4) is 12.3 Å². The van der Waals surface area contributed by atoms with Crippen LogP contribution in [0, 0.1) is 12.3 Å². The lowest BCUT2D eigenvalue weighted by Crippen LogP contribution is -2.14. The second-order valence-corrected chi connectivity index (χ2v) is 2.69. The van der Waals surface area contributed by atoms with Crippen LogP contribution in [-0.2, 0) is 0 Å². The van der Waals surface area contributed by atoms with Crippen LogP contribution in [0.3, 0.4) is 0 Å². The molecule has 0 amide bonds. The van der Waals surface area contributed by atoms with Gasteiger partial charge in [-0.3, -0.25) is 4.98 Å². The Balaban J connectivity index is 3.02. The Labute approximate surface area is 77.0 Å². The van der Waals surface area contributed by atoms with Crippen molar-refractivity contribution >= 4 is 11.6 Å². The third-order valence-electron chi connectivity index (χ3n) is 1.57. The van der Waals surface area contributed by atoms with Gasteiger partial charge in [-0.1, -0.05) is 17.5 Å². The van der Waals surface area contributed by atoms with Crippen LogP contribution in [0.15, 0.2) is 18.5 Å². The monoisotopic (exact) mass is 180 g/mol. The highest BCUT2D eigenvalue weighted by atomic mass is 35.5. The van der Waals surface area contributed by atoms with Crippen LogP contribution in [-0.4, -0.2) is 12.0 Å². The van der Waals surface area contributed by atoms with Crippen molar-refractivity contribution in [2.45, 2.75) is 6.04 Å². The number of hydrogen-bond acceptors (Lipinski definition) is 2. The maximum atomic E-state index is 5.88. The van der Waals surface area contributed by atoms with Gasteiger partial charge in [-0.05, 0) is 13.1 Å². The van der Waals surface area contributed by atoms with Crippen LogP contribution in [0.5, 0.6) is 0 Å². The first-order valence-electron chi connectivity index (χ1n) is 3.52. The number of hydrogen-bond donors (Lipinski definition) is 1. The Hall–Kier alpha value is -1.04. The van der Waals surface area contributed by atoms with Crippen molar-refractivity contribution in [2.75, 3.05) is 7.05 Å². The van der Waals surface area contributed by atoms with Gasteiger partial charge in [-0.2, -0.15) is 0 Å². The molecule has 0 fully saturated rings. The molecule has 0 aliphatic rings. The molecule has 1 atom stereocenters. The summed E-state index contributed by atoms with van der Waals surface area (Å²) in [5.41, 5.74) is 0.886. The molecule has 0 aliphatic heterocycles. The smallest absolute Gasteiger partial charge is 0.0956 e. The third-order valence-corrected chi connectivity index (χ3v) is 1.89. The molecule has 3 heteroatoms. The highest BCUT2D eigenvalue weighted by Gasteiger charge is 2.08. The van der Waals surface area contributed by atoms with E-state index in [1.807, 2.05) is 6.07 Å². The van der Waals surface area contributed by atoms with Crippen molar-refractivity contribution in [3.63, 3.8) is 0 Å². The fraction of sp³-hybridized carbons (Fsp3) is 0.222. The molecule has 1 N–H and O–H groups in total. The molecule has 1 aromatic heterocycles. The van der Waals surface area contributed by atoms with E-state index in [-0.39, 0.29) is 6.04 Å². The molecule has 0 saturated heterocycles. The number of terminal acetylenes is 1. The van der Waals surface area contributed by atoms with E-state index in [1.54, 1.807) is 19.4 Å². The van der Waals surface area contributed by atoms with E-state index in [0.29, 0.717) is 5.02 Å². The van der Waals surface area contributed by atoms with Gasteiger partial charge in [-0.25, -0.2) is 0 Å². The minimum Gasteiger partial charge on any atom is -0.303 e. The van der Waals surface area contributed by atoms with Crippen LogP contribution < -0.4 is 5.32 Å². The molecular weight excluding hydrogens is 172 g/mol. The van der Waals surface area contributed by atoms with Gasteiger partial charge >= 0.3 is 0 Å². The van der Waals surface area contributed by atoms with E-state index in [1.165, 1.54) is 0 Å². The molecule has 0 aromatic carbocycles. The van der Waals surface area contributed by atoms with E-state index < -0.39 is 0 Å². The second kappa shape index (κ2) is 4.10. The molecule has 1 aromatic rings. The predicted molar refractivity (Wildman–Crippen MR) is 49.9 cm³/mol. The molecule has 1 unspecified atom stereocenters. The normalized spacial score (nSPS) is 12.1. The van der Waals surface area contributed by atoms with Crippen molar-refractivity contribution in [3.05, 3.63) is 29.0 Å². The first kappa shape index (κ1) is 9.05. The van der Waals surface area contributed by atoms with E-state index in [0.717, 1.165) is 5.56 Å². The Bertz CT molecular complexity index is 304. The Morgan fingerprint density at radius 2 is 2.50 bits per heavy atom. The summed E-state index contributed by atoms with van der Waals surface area (Å²) in [4.78, 5) is 3.87. The fourth-order valence-corrected chi connectivity index (χ4v) is 1.18. The van der Waals surface area contributed by atoms with Crippen molar-refractivity contribution in [1.29, 1.82) is 0 Å². The zero-order valence-corrected chi connectivity index (χ0v) is 7.47. The van der Waals surface area contributed by atoms with Crippen LogP contribution in [0.25, 0.3) is 0 Å². The summed E-state index contributed by atoms with van der Waals surface area (Å²) < 4.78 is 0. The van der Waals surface area contributed by atoms with Crippen LogP contribution in [0.4, 0.5) is 0 Å². The van der Waals surface area contributed by atoms with E-state index in [4.69, 9.17) is 18.0 Å². The summed E-state index contributed by atoms with van der Waals surface area (Å²) >= 11 is 5.88. The third kappa shape index (κ3) is 1.76. The first-order valence-corrected chi connectivity index (χ1v) is 3.90. The van der Waals surface area contributed by atoms with Crippen LogP contribution in [0.2, 0.25) is 5.02 Å². The number of nitrogens with zero attached hydrogens (tertiary/aromatic N) is 1. The van der Waals surface area contributed by atoms with Gasteiger partial charge in [0.15, 0.2) is 0 Å². The number of rotatable bonds is 2. The van der Waals surface area contributed by atoms with Gasteiger partial charge in [0.05, 0.1) is 11.1 Å². The number of nitrogens with one attached hydrogen (secondary N) is 1. The zero-order valence-electron chi connectivity index (χ0n) is 6.71. The second-order valence-electron chi connectivity index (χ2n) is 2.29. The summed E-state index contributed by atoms with van der Waals surface area (Å²) in [5.74, 6) is 2.59. The molecule has 0 spiro atoms. The van der Waals surface area contributed by atoms with E-state index in [9.17, 15) is 0 Å². The lowest BCUT2D eigenvalue weighted by molar-refractivity contribution is 0.735. The molecule has 12 heavy (non-hydrogen) atoms. The van der Waals surface area contributed by atoms with Gasteiger partial charge in [0, 0.05) is 18.0 Å². The lowest BCUT2D eigenvalue weighted by atomic mass is 10.1. The standard InChI is InChI=1S/C9H9ClN2/c1-3-9(11-2)7-4-5-12-6-8(7)10/h1,4-6,9,11H,2H3. The molecule has 0 aliphatic carbocycles. The largest absolute Gasteiger partial charge is 0.303 e. The minimum atomic E-state index is -0.138. The zero-order chi connectivity index (χ0) is 8.97. The summed E-state index contributed by atoms with van der Waals surface area (Å²) in [6, 6.07) is 1.67. The number of aromatic nitrogens is 1. The van der Waals surface area contributed by atoms with E-state index in [2.05, 4.69) is 16.2 Å². The Kier molecular flexibility index (Phi) is 3.09. The fourth-order valence-electron chi connectivity index (χ4n) is 0.949. The van der Waals surface area contributed by atoms with Crippen LogP contribution in [0.1, 0.15) is 11.6 Å². The van der Waals surface area contributed by atoms with E-state index >= 15 is 0 Å². The predicted octanol–water partition coefficient (Wildman–Crippen LogP) is 1.63. The van der Waals surface area contributed by atoms with Crippen molar-refractivity contribution in [2.24, 2.45) is 0 Å². The molecular formula is C9H9ClN2. The molecule has 0 radical (unpaired) electrons. The van der Waals surface area contributed by atoms with Crippen molar-refractivity contribution < 1.29 is 0 Å². The quantitative estimate of drug-likeness (QED) is 0.700. The van der Waals surface area contributed by atoms with Gasteiger partial charge < -0.3 is 5.32 Å². The highest BCUT2D eigenvalue weighted by molar-refractivity contribution is 6.31. The summed E-state index contributed by atoms with van der Waals surface area (Å²) in [5, 5.41) is 3.55. The van der Waals surface area contributed by atoms with Crippen LogP contribution >= 0.6 is 11.6 Å². The Morgan fingerprint density at radius 1 is 1.75 bits per heavy atom.